The minimum atomic E-state index is -0.558. The smallest absolute Gasteiger partial charge is 0.295 e. The molecule has 0 bridgehead atoms. The third-order valence-electron chi connectivity index (χ3n) is 3.69. The lowest BCUT2D eigenvalue weighted by molar-refractivity contribution is 0.102. The molecule has 0 radical (unpaired) electrons. The molecule has 0 saturated heterocycles. The number of pyridine rings is 1. The van der Waals surface area contributed by atoms with Crippen LogP contribution in [0.15, 0.2) is 24.4 Å². The zero-order chi connectivity index (χ0) is 19.6. The van der Waals surface area contributed by atoms with E-state index in [9.17, 15) is 9.18 Å². The molecule has 0 unspecified atom stereocenters. The van der Waals surface area contributed by atoms with Gasteiger partial charge in [0.2, 0.25) is 5.13 Å². The van der Waals surface area contributed by atoms with Crippen LogP contribution < -0.4 is 14.8 Å². The molecular weight excluding hydrogens is 395 g/mol. The van der Waals surface area contributed by atoms with Crippen molar-refractivity contribution in [3.05, 3.63) is 46.5 Å². The minimum absolute atomic E-state index is 0.0906. The summed E-state index contributed by atoms with van der Waals surface area (Å²) >= 11 is 7.05. The molecule has 3 aromatic rings. The van der Waals surface area contributed by atoms with Crippen LogP contribution in [0.3, 0.4) is 0 Å². The lowest BCUT2D eigenvalue weighted by Gasteiger charge is -2.14. The molecule has 1 aromatic carbocycles. The number of carbonyl (C=O) groups is 1. The van der Waals surface area contributed by atoms with Crippen molar-refractivity contribution in [2.24, 2.45) is 0 Å². The largest absolute Gasteiger partial charge is 0.494 e. The quantitative estimate of drug-likeness (QED) is 0.643. The zero-order valence-electron chi connectivity index (χ0n) is 14.5. The van der Waals surface area contributed by atoms with E-state index in [1.165, 1.54) is 20.4 Å². The fourth-order valence-electron chi connectivity index (χ4n) is 2.39. The summed E-state index contributed by atoms with van der Waals surface area (Å²) in [4.78, 5) is 16.8. The van der Waals surface area contributed by atoms with Crippen molar-refractivity contribution in [2.75, 3.05) is 19.5 Å². The highest BCUT2D eigenvalue weighted by atomic mass is 35.5. The van der Waals surface area contributed by atoms with Crippen LogP contribution in [0.1, 0.15) is 15.9 Å². The van der Waals surface area contributed by atoms with Gasteiger partial charge >= 0.3 is 0 Å². The van der Waals surface area contributed by atoms with Gasteiger partial charge in [-0.25, -0.2) is 9.37 Å². The number of halogens is 2. The molecular formula is C17H14ClFN4O3S. The topological polar surface area (TPSA) is 86.2 Å². The first-order valence-electron chi connectivity index (χ1n) is 7.61. The molecule has 10 heteroatoms. The van der Waals surface area contributed by atoms with Crippen LogP contribution in [-0.2, 0) is 0 Å². The Bertz CT molecular complexity index is 1010. The van der Waals surface area contributed by atoms with Crippen LogP contribution in [0.2, 0.25) is 5.15 Å². The van der Waals surface area contributed by atoms with Crippen molar-refractivity contribution in [1.82, 2.24) is 15.2 Å². The average molecular weight is 409 g/mol. The Kier molecular flexibility index (Phi) is 5.52. The highest BCUT2D eigenvalue weighted by Crippen LogP contribution is 2.35. The number of carbonyl (C=O) groups excluding carboxylic acids is 1. The number of nitrogens with zero attached hydrogens (tertiary/aromatic N) is 3. The van der Waals surface area contributed by atoms with Gasteiger partial charge in [-0.3, -0.25) is 10.1 Å². The summed E-state index contributed by atoms with van der Waals surface area (Å²) in [5, 5.41) is 10.9. The fourth-order valence-corrected chi connectivity index (χ4v) is 3.10. The van der Waals surface area contributed by atoms with Crippen molar-refractivity contribution < 1.29 is 18.7 Å². The number of nitrogens with one attached hydrogen (secondary N) is 1. The van der Waals surface area contributed by atoms with E-state index in [4.69, 9.17) is 21.1 Å². The normalized spacial score (nSPS) is 10.6. The van der Waals surface area contributed by atoms with E-state index in [2.05, 4.69) is 20.5 Å². The standard InChI is InChI=1S/C17H14ClFN4O3S/c1-8-4-9(10-6-14(18)20-7-13(10)25-2)11(5-12(8)19)15(24)21-16-22-23-17(26-3)27-16/h4-7H,1-3H3,(H,21,22,24). The maximum atomic E-state index is 14.2. The van der Waals surface area contributed by atoms with Crippen LogP contribution in [0.4, 0.5) is 9.52 Å². The van der Waals surface area contributed by atoms with Gasteiger partial charge < -0.3 is 9.47 Å². The molecule has 0 saturated carbocycles. The molecule has 0 aliphatic rings. The summed E-state index contributed by atoms with van der Waals surface area (Å²) in [5.41, 5.74) is 1.42. The predicted octanol–water partition coefficient (Wildman–Crippen LogP) is 3.97. The molecule has 7 nitrogen and oxygen atoms in total. The fraction of sp³-hybridized carbons (Fsp3) is 0.176. The molecule has 0 spiro atoms. The van der Waals surface area contributed by atoms with Gasteiger partial charge in [0.25, 0.3) is 11.1 Å². The third-order valence-corrected chi connectivity index (χ3v) is 4.70. The molecule has 27 heavy (non-hydrogen) atoms. The first-order chi connectivity index (χ1) is 12.9. The van der Waals surface area contributed by atoms with Gasteiger partial charge in [0.1, 0.15) is 16.7 Å². The van der Waals surface area contributed by atoms with Gasteiger partial charge in [0.05, 0.1) is 26.0 Å². The highest BCUT2D eigenvalue weighted by Gasteiger charge is 2.20. The maximum absolute atomic E-state index is 14.2. The molecule has 2 heterocycles. The Morgan fingerprint density at radius 1 is 1.19 bits per heavy atom. The van der Waals surface area contributed by atoms with E-state index in [0.717, 1.165) is 17.4 Å². The number of aryl methyl sites for hydroxylation is 1. The SMILES string of the molecule is COc1nnc(NC(=O)c2cc(F)c(C)cc2-c2cc(Cl)ncc2OC)s1. The van der Waals surface area contributed by atoms with E-state index in [0.29, 0.717) is 27.6 Å². The van der Waals surface area contributed by atoms with Crippen molar-refractivity contribution in [3.63, 3.8) is 0 Å². The van der Waals surface area contributed by atoms with Crippen molar-refractivity contribution in [3.8, 4) is 22.1 Å². The highest BCUT2D eigenvalue weighted by molar-refractivity contribution is 7.17. The second-order valence-corrected chi connectivity index (χ2v) is 6.71. The van der Waals surface area contributed by atoms with E-state index in [-0.39, 0.29) is 15.8 Å². The van der Waals surface area contributed by atoms with Crippen molar-refractivity contribution >= 4 is 34.0 Å². The van der Waals surface area contributed by atoms with Crippen LogP contribution in [-0.4, -0.2) is 35.3 Å². The Morgan fingerprint density at radius 3 is 2.63 bits per heavy atom. The molecule has 1 amide bonds. The van der Waals surface area contributed by atoms with E-state index in [1.807, 2.05) is 0 Å². The summed E-state index contributed by atoms with van der Waals surface area (Å²) in [6, 6.07) is 4.27. The second kappa shape index (κ2) is 7.85. The number of benzene rings is 1. The lowest BCUT2D eigenvalue weighted by Crippen LogP contribution is -2.14. The van der Waals surface area contributed by atoms with Crippen LogP contribution in [0.25, 0.3) is 11.1 Å². The van der Waals surface area contributed by atoms with Crippen LogP contribution >= 0.6 is 22.9 Å². The summed E-state index contributed by atoms with van der Waals surface area (Å²) in [6.45, 7) is 1.60. The number of hydrogen-bond donors (Lipinski definition) is 1. The van der Waals surface area contributed by atoms with Gasteiger partial charge in [0, 0.05) is 5.56 Å². The van der Waals surface area contributed by atoms with Gasteiger partial charge in [-0.05, 0) is 47.6 Å². The number of anilines is 1. The molecule has 0 aliphatic carbocycles. The van der Waals surface area contributed by atoms with E-state index in [1.54, 1.807) is 19.1 Å². The summed E-state index contributed by atoms with van der Waals surface area (Å²) in [6.07, 6.45) is 1.44. The predicted molar refractivity (Wildman–Crippen MR) is 100 cm³/mol. The Balaban J connectivity index is 2.08. The van der Waals surface area contributed by atoms with E-state index >= 15 is 0 Å². The van der Waals surface area contributed by atoms with Gasteiger partial charge in [-0.2, -0.15) is 0 Å². The Morgan fingerprint density at radius 2 is 1.96 bits per heavy atom. The number of aromatic nitrogens is 3. The van der Waals surface area contributed by atoms with Crippen molar-refractivity contribution in [2.45, 2.75) is 6.92 Å². The molecule has 140 valence electrons. The molecule has 0 atom stereocenters. The molecule has 0 fully saturated rings. The van der Waals surface area contributed by atoms with Crippen LogP contribution in [0, 0.1) is 12.7 Å². The molecule has 2 aromatic heterocycles. The molecule has 3 rings (SSSR count). The van der Waals surface area contributed by atoms with Gasteiger partial charge in [-0.15, -0.1) is 5.10 Å². The van der Waals surface area contributed by atoms with Gasteiger partial charge in [-0.1, -0.05) is 16.7 Å². The Hall–Kier alpha value is -2.78. The first kappa shape index (κ1) is 19.0. The number of hydrogen-bond acceptors (Lipinski definition) is 7. The molecule has 1 N–H and O–H groups in total. The number of rotatable bonds is 5. The minimum Gasteiger partial charge on any atom is -0.494 e. The summed E-state index contributed by atoms with van der Waals surface area (Å²) in [5.74, 6) is -0.674. The number of amides is 1. The molecule has 0 aliphatic heterocycles. The monoisotopic (exact) mass is 408 g/mol. The lowest BCUT2D eigenvalue weighted by atomic mass is 9.96. The Labute approximate surface area is 163 Å². The summed E-state index contributed by atoms with van der Waals surface area (Å²) in [7, 11) is 2.91. The van der Waals surface area contributed by atoms with Crippen LogP contribution in [0.5, 0.6) is 10.9 Å². The van der Waals surface area contributed by atoms with Crippen molar-refractivity contribution in [1.29, 1.82) is 0 Å². The zero-order valence-corrected chi connectivity index (χ0v) is 16.1. The van der Waals surface area contributed by atoms with Gasteiger partial charge in [0.15, 0.2) is 0 Å². The summed E-state index contributed by atoms with van der Waals surface area (Å²) < 4.78 is 24.5. The average Bonchev–Trinajstić information content (AvgIpc) is 3.11. The second-order valence-electron chi connectivity index (χ2n) is 5.39. The third kappa shape index (κ3) is 3.99. The number of methoxy groups -OCH3 is 2. The maximum Gasteiger partial charge on any atom is 0.295 e. The van der Waals surface area contributed by atoms with E-state index < -0.39 is 11.7 Å². The number of ether oxygens (including phenoxy) is 2. The first-order valence-corrected chi connectivity index (χ1v) is 8.81.